The molecule has 3 N–H and O–H groups in total. The van der Waals surface area contributed by atoms with Crippen molar-refractivity contribution in [2.24, 2.45) is 5.41 Å². The molecule has 2 atom stereocenters. The van der Waals surface area contributed by atoms with Gasteiger partial charge in [0.05, 0.1) is 28.6 Å². The first-order valence-corrected chi connectivity index (χ1v) is 15.9. The van der Waals surface area contributed by atoms with Crippen molar-refractivity contribution in [2.45, 2.75) is 64.1 Å². The minimum Gasteiger partial charge on any atom is -0.447 e. The number of nitrogens with zero attached hydrogens (tertiary/aromatic N) is 4. The molecule has 1 saturated carbocycles. The van der Waals surface area contributed by atoms with Crippen LogP contribution in [0, 0.1) is 22.5 Å². The first-order chi connectivity index (χ1) is 22.7. The van der Waals surface area contributed by atoms with Gasteiger partial charge in [-0.2, -0.15) is 5.10 Å². The number of nitrogens with one attached hydrogen (secondary N) is 3. The van der Waals surface area contributed by atoms with Gasteiger partial charge in [-0.3, -0.25) is 20.1 Å². The van der Waals surface area contributed by atoms with E-state index in [0.29, 0.717) is 22.0 Å². The van der Waals surface area contributed by atoms with Crippen LogP contribution in [0.1, 0.15) is 64.1 Å². The van der Waals surface area contributed by atoms with Gasteiger partial charge in [-0.05, 0) is 79.1 Å². The standard InChI is InChI=1S/C35H36ClF2N7O3/c1-33(2,3)20-35(23-14-24(37)16-25(38)15-23)30(46)45(31(39)42-35)29(19-48-32(47)43-34(4)10-11-34)21-8-9-26(36)28(13-21)44-18-22(17-41-44)27-7-5-6-12-40-27/h5-9,12-18,29H,10-11,19-20H2,1-4H3,(H2,39,42)(H,43,47)/t29-,35-/m1/s1. The van der Waals surface area contributed by atoms with Crippen LogP contribution in [0.3, 0.4) is 0 Å². The molecule has 1 saturated heterocycles. The zero-order chi connectivity index (χ0) is 34.4. The van der Waals surface area contributed by atoms with Gasteiger partial charge >= 0.3 is 6.09 Å². The van der Waals surface area contributed by atoms with Crippen molar-refractivity contribution in [1.82, 2.24) is 30.3 Å². The highest BCUT2D eigenvalue weighted by molar-refractivity contribution is 6.32. The number of halogens is 3. The van der Waals surface area contributed by atoms with E-state index in [1.165, 1.54) is 4.90 Å². The lowest BCUT2D eigenvalue weighted by atomic mass is 9.75. The highest BCUT2D eigenvalue weighted by Gasteiger charge is 2.55. The minimum atomic E-state index is -1.69. The number of hydrogen-bond acceptors (Lipinski definition) is 6. The summed E-state index contributed by atoms with van der Waals surface area (Å²) in [5.74, 6) is -2.64. The number of amides is 2. The number of carbonyl (C=O) groups excluding carboxylic acids is 2. The summed E-state index contributed by atoms with van der Waals surface area (Å²) in [7, 11) is 0. The Hall–Kier alpha value is -4.84. The van der Waals surface area contributed by atoms with E-state index in [9.17, 15) is 18.4 Å². The van der Waals surface area contributed by atoms with Gasteiger partial charge < -0.3 is 15.4 Å². The van der Waals surface area contributed by atoms with Crippen molar-refractivity contribution < 1.29 is 23.1 Å². The Morgan fingerprint density at radius 3 is 2.52 bits per heavy atom. The van der Waals surface area contributed by atoms with Crippen LogP contribution < -0.4 is 10.6 Å². The summed E-state index contributed by atoms with van der Waals surface area (Å²) >= 11 is 6.66. The Balaban J connectivity index is 1.41. The summed E-state index contributed by atoms with van der Waals surface area (Å²) in [4.78, 5) is 33.1. The van der Waals surface area contributed by atoms with Crippen LogP contribution in [-0.4, -0.2) is 49.8 Å². The fourth-order valence-corrected chi connectivity index (χ4v) is 6.24. The van der Waals surface area contributed by atoms with Gasteiger partial charge in [0.15, 0.2) is 5.96 Å². The van der Waals surface area contributed by atoms with Crippen LogP contribution in [0.4, 0.5) is 13.6 Å². The lowest BCUT2D eigenvalue weighted by molar-refractivity contribution is -0.134. The molecule has 0 bridgehead atoms. The molecule has 1 aliphatic carbocycles. The molecule has 0 radical (unpaired) electrons. The van der Waals surface area contributed by atoms with Crippen molar-refractivity contribution in [2.75, 3.05) is 6.61 Å². The molecule has 13 heteroatoms. The van der Waals surface area contributed by atoms with Crippen molar-refractivity contribution in [3.05, 3.63) is 101 Å². The lowest BCUT2D eigenvalue weighted by Crippen LogP contribution is -2.47. The molecule has 1 aliphatic heterocycles. The molecule has 2 amide bonds. The molecule has 2 fully saturated rings. The van der Waals surface area contributed by atoms with Gasteiger partial charge in [-0.1, -0.05) is 44.5 Å². The molecule has 2 aliphatic rings. The summed E-state index contributed by atoms with van der Waals surface area (Å²) < 4.78 is 36.4. The second-order valence-corrected chi connectivity index (χ2v) is 14.3. The largest absolute Gasteiger partial charge is 0.447 e. The Labute approximate surface area is 282 Å². The Bertz CT molecular complexity index is 1870. The summed E-state index contributed by atoms with van der Waals surface area (Å²) in [6, 6.07) is 12.5. The molecule has 48 heavy (non-hydrogen) atoms. The Kier molecular flexibility index (Phi) is 8.49. The second-order valence-electron chi connectivity index (χ2n) is 13.8. The van der Waals surface area contributed by atoms with Crippen molar-refractivity contribution in [1.29, 1.82) is 5.41 Å². The summed E-state index contributed by atoms with van der Waals surface area (Å²) in [6.07, 6.45) is 6.16. The maximum Gasteiger partial charge on any atom is 0.407 e. The van der Waals surface area contributed by atoms with Crippen LogP contribution >= 0.6 is 11.6 Å². The van der Waals surface area contributed by atoms with Gasteiger partial charge in [0, 0.05) is 29.6 Å². The number of benzene rings is 2. The fraction of sp³-hybridized carbons (Fsp3) is 0.343. The summed E-state index contributed by atoms with van der Waals surface area (Å²) in [5, 5.41) is 19.7. The van der Waals surface area contributed by atoms with Crippen LogP contribution in [0.25, 0.3) is 16.9 Å². The van der Waals surface area contributed by atoms with Gasteiger partial charge in [0.2, 0.25) is 0 Å². The number of hydrogen-bond donors (Lipinski definition) is 3. The molecule has 250 valence electrons. The predicted molar refractivity (Wildman–Crippen MR) is 176 cm³/mol. The molecule has 4 aromatic rings. The minimum absolute atomic E-state index is 0.0432. The Morgan fingerprint density at radius 1 is 1.15 bits per heavy atom. The van der Waals surface area contributed by atoms with E-state index in [0.717, 1.165) is 36.6 Å². The number of pyridine rings is 1. The third-order valence-electron chi connectivity index (χ3n) is 8.54. The van der Waals surface area contributed by atoms with Crippen LogP contribution in [0.2, 0.25) is 5.02 Å². The smallest absolute Gasteiger partial charge is 0.407 e. The Morgan fingerprint density at radius 2 is 1.88 bits per heavy atom. The summed E-state index contributed by atoms with van der Waals surface area (Å²) in [5.41, 5.74) is -0.113. The van der Waals surface area contributed by atoms with Crippen molar-refractivity contribution >= 4 is 29.6 Å². The van der Waals surface area contributed by atoms with E-state index in [1.807, 2.05) is 45.9 Å². The van der Waals surface area contributed by atoms with Crippen molar-refractivity contribution in [3.63, 3.8) is 0 Å². The zero-order valence-corrected chi connectivity index (χ0v) is 27.7. The molecule has 6 rings (SSSR count). The molecule has 2 aromatic heterocycles. The third kappa shape index (κ3) is 6.75. The topological polar surface area (TPSA) is 125 Å². The molecular weight excluding hydrogens is 640 g/mol. The molecule has 0 unspecified atom stereocenters. The normalized spacial score (nSPS) is 19.2. The molecular formula is C35H36ClF2N7O3. The highest BCUT2D eigenvalue weighted by atomic mass is 35.5. The SMILES string of the molecule is CC(C)(C)C[C@]1(c2cc(F)cc(F)c2)NC(=N)N([C@H](COC(=O)NC2(C)CC2)c2ccc(Cl)c(-n3cc(-c4ccccn4)cn3)c2)C1=O. The third-order valence-corrected chi connectivity index (χ3v) is 8.86. The van der Waals surface area contributed by atoms with Crippen molar-refractivity contribution in [3.8, 4) is 16.9 Å². The van der Waals surface area contributed by atoms with E-state index in [1.54, 1.807) is 41.5 Å². The molecule has 0 spiro atoms. The lowest BCUT2D eigenvalue weighted by Gasteiger charge is -2.35. The molecule has 2 aromatic carbocycles. The zero-order valence-electron chi connectivity index (χ0n) is 27.0. The van der Waals surface area contributed by atoms with E-state index in [4.69, 9.17) is 21.7 Å². The van der Waals surface area contributed by atoms with Crippen LogP contribution in [0.5, 0.6) is 0 Å². The first-order valence-electron chi connectivity index (χ1n) is 15.5. The second kappa shape index (κ2) is 12.3. The monoisotopic (exact) mass is 675 g/mol. The van der Waals surface area contributed by atoms with E-state index in [-0.39, 0.29) is 30.1 Å². The maximum atomic E-state index is 14.7. The van der Waals surface area contributed by atoms with E-state index >= 15 is 0 Å². The average molecular weight is 676 g/mol. The number of ether oxygens (including phenoxy) is 1. The van der Waals surface area contributed by atoms with Gasteiger partial charge in [0.25, 0.3) is 5.91 Å². The highest BCUT2D eigenvalue weighted by Crippen LogP contribution is 2.43. The quantitative estimate of drug-likeness (QED) is 0.178. The first kappa shape index (κ1) is 33.1. The molecule has 10 nitrogen and oxygen atoms in total. The number of guanidine groups is 1. The number of carbonyl (C=O) groups is 2. The van der Waals surface area contributed by atoms with E-state index < -0.39 is 40.6 Å². The van der Waals surface area contributed by atoms with Crippen LogP contribution in [-0.2, 0) is 15.1 Å². The molecule has 3 heterocycles. The maximum absolute atomic E-state index is 14.7. The fourth-order valence-electron chi connectivity index (χ4n) is 6.04. The predicted octanol–water partition coefficient (Wildman–Crippen LogP) is 6.88. The van der Waals surface area contributed by atoms with E-state index in [2.05, 4.69) is 20.7 Å². The van der Waals surface area contributed by atoms with Crippen LogP contribution in [0.15, 0.2) is 73.2 Å². The summed E-state index contributed by atoms with van der Waals surface area (Å²) in [6.45, 7) is 7.25. The van der Waals surface area contributed by atoms with Gasteiger partial charge in [-0.25, -0.2) is 18.3 Å². The van der Waals surface area contributed by atoms with Gasteiger partial charge in [0.1, 0.15) is 23.8 Å². The number of alkyl carbamates (subject to hydrolysis) is 1. The number of aromatic nitrogens is 3. The van der Waals surface area contributed by atoms with Gasteiger partial charge in [-0.15, -0.1) is 0 Å². The number of rotatable bonds is 9. The average Bonchev–Trinajstić information content (AvgIpc) is 3.43.